The summed E-state index contributed by atoms with van der Waals surface area (Å²) in [4.78, 5) is 15.0. The van der Waals surface area contributed by atoms with E-state index < -0.39 is 0 Å². The summed E-state index contributed by atoms with van der Waals surface area (Å²) in [6, 6.07) is 17.2. The van der Waals surface area contributed by atoms with Gasteiger partial charge in [0.2, 0.25) is 5.91 Å². The highest BCUT2D eigenvalue weighted by Crippen LogP contribution is 2.20. The number of nitrogens with one attached hydrogen (secondary N) is 1. The molecule has 150 valence electrons. The number of rotatable bonds is 8. The van der Waals surface area contributed by atoms with E-state index in [-0.39, 0.29) is 11.8 Å². The summed E-state index contributed by atoms with van der Waals surface area (Å²) in [7, 11) is 0. The average Bonchev–Trinajstić information content (AvgIpc) is 2.69. The number of benzene rings is 2. The molecule has 2 aromatic rings. The lowest BCUT2D eigenvalue weighted by atomic mass is 9.96. The van der Waals surface area contributed by atoms with Gasteiger partial charge in [0.05, 0.1) is 5.92 Å². The van der Waals surface area contributed by atoms with Gasteiger partial charge in [0.1, 0.15) is 0 Å². The van der Waals surface area contributed by atoms with Gasteiger partial charge in [0.25, 0.3) is 0 Å². The van der Waals surface area contributed by atoms with E-state index in [9.17, 15) is 4.79 Å². The summed E-state index contributed by atoms with van der Waals surface area (Å²) >= 11 is 1.89. The number of carbonyl (C=O) groups is 1. The van der Waals surface area contributed by atoms with Crippen LogP contribution in [0.3, 0.4) is 0 Å². The Morgan fingerprint density at radius 3 is 2.86 bits per heavy atom. The topological polar surface area (TPSA) is 32.3 Å². The van der Waals surface area contributed by atoms with E-state index in [0.717, 1.165) is 50.5 Å². The molecule has 0 aliphatic carbocycles. The smallest absolute Gasteiger partial charge is 0.224 e. The first-order valence-electron chi connectivity index (χ1n) is 10.3. The number of likely N-dealkylation sites (tertiary alicyclic amines) is 1. The van der Waals surface area contributed by atoms with Crippen LogP contribution in [-0.2, 0) is 17.1 Å². The Morgan fingerprint density at radius 1 is 1.18 bits per heavy atom. The van der Waals surface area contributed by atoms with Crippen LogP contribution in [0.5, 0.6) is 0 Å². The van der Waals surface area contributed by atoms with Crippen molar-refractivity contribution in [3.05, 3.63) is 70.8 Å². The quantitative estimate of drug-likeness (QED) is 0.664. The number of hydrogen-bond acceptors (Lipinski definition) is 3. The van der Waals surface area contributed by atoms with Crippen LogP contribution in [0, 0.1) is 19.8 Å². The molecule has 1 fully saturated rings. The lowest BCUT2D eigenvalue weighted by Crippen LogP contribution is -2.43. The van der Waals surface area contributed by atoms with Crippen molar-refractivity contribution in [3.8, 4) is 0 Å². The van der Waals surface area contributed by atoms with Gasteiger partial charge in [0.15, 0.2) is 0 Å². The average molecular weight is 397 g/mol. The molecule has 0 saturated carbocycles. The van der Waals surface area contributed by atoms with E-state index in [0.29, 0.717) is 0 Å². The molecule has 0 aromatic heterocycles. The Hall–Kier alpha value is -1.78. The standard InChI is InChI=1S/C24H32N2OS/c1-19-7-5-9-21(15-19)16-26-13-6-11-22(17-26)24(27)25-12-14-28-18-23-10-4-3-8-20(23)2/h3-5,7-10,15,22H,6,11-14,16-18H2,1-2H3,(H,25,27). The maximum atomic E-state index is 12.6. The van der Waals surface area contributed by atoms with Gasteiger partial charge in [-0.1, -0.05) is 54.1 Å². The molecule has 0 spiro atoms. The third-order valence-electron chi connectivity index (χ3n) is 5.43. The second kappa shape index (κ2) is 10.7. The highest BCUT2D eigenvalue weighted by molar-refractivity contribution is 7.98. The molecular formula is C24H32N2OS. The van der Waals surface area contributed by atoms with E-state index in [1.165, 1.54) is 22.3 Å². The molecule has 1 heterocycles. The van der Waals surface area contributed by atoms with Gasteiger partial charge < -0.3 is 5.32 Å². The first kappa shape index (κ1) is 20.9. The Balaban J connectivity index is 1.37. The molecule has 4 heteroatoms. The van der Waals surface area contributed by atoms with Gasteiger partial charge in [-0.2, -0.15) is 11.8 Å². The van der Waals surface area contributed by atoms with Gasteiger partial charge in [-0.05, 0) is 49.9 Å². The highest BCUT2D eigenvalue weighted by Gasteiger charge is 2.25. The Kier molecular flexibility index (Phi) is 7.99. The third-order valence-corrected chi connectivity index (χ3v) is 6.44. The van der Waals surface area contributed by atoms with Crippen molar-refractivity contribution in [2.45, 2.75) is 39.0 Å². The predicted molar refractivity (Wildman–Crippen MR) is 120 cm³/mol. The fraction of sp³-hybridized carbons (Fsp3) is 0.458. The fourth-order valence-electron chi connectivity index (χ4n) is 3.83. The minimum absolute atomic E-state index is 0.125. The SMILES string of the molecule is Cc1cccc(CN2CCCC(C(=O)NCCSCc3ccccc3C)C2)c1. The monoisotopic (exact) mass is 396 g/mol. The summed E-state index contributed by atoms with van der Waals surface area (Å²) < 4.78 is 0. The van der Waals surface area contributed by atoms with E-state index in [1.54, 1.807) is 0 Å². The zero-order chi connectivity index (χ0) is 19.8. The minimum Gasteiger partial charge on any atom is -0.355 e. The molecule has 1 saturated heterocycles. The molecule has 1 amide bonds. The van der Waals surface area contributed by atoms with E-state index in [2.05, 4.69) is 72.6 Å². The molecule has 3 rings (SSSR count). The fourth-order valence-corrected chi connectivity index (χ4v) is 4.76. The normalized spacial score (nSPS) is 17.4. The Labute approximate surface area is 173 Å². The van der Waals surface area contributed by atoms with Crippen molar-refractivity contribution < 1.29 is 4.79 Å². The van der Waals surface area contributed by atoms with Crippen LogP contribution in [0.1, 0.15) is 35.1 Å². The summed E-state index contributed by atoms with van der Waals surface area (Å²) in [6.07, 6.45) is 2.11. The van der Waals surface area contributed by atoms with Crippen LogP contribution >= 0.6 is 11.8 Å². The molecule has 1 aliphatic heterocycles. The van der Waals surface area contributed by atoms with Crippen LogP contribution in [-0.4, -0.2) is 36.2 Å². The number of aryl methyl sites for hydroxylation is 2. The number of hydrogen-bond donors (Lipinski definition) is 1. The largest absolute Gasteiger partial charge is 0.355 e. The van der Waals surface area contributed by atoms with Gasteiger partial charge in [-0.15, -0.1) is 0 Å². The molecule has 2 aromatic carbocycles. The predicted octanol–water partition coefficient (Wildman–Crippen LogP) is 4.57. The van der Waals surface area contributed by atoms with Crippen molar-refractivity contribution >= 4 is 17.7 Å². The Bertz CT molecular complexity index is 777. The Morgan fingerprint density at radius 2 is 2.04 bits per heavy atom. The summed E-state index contributed by atoms with van der Waals surface area (Å²) in [6.45, 7) is 7.94. The first-order valence-corrected chi connectivity index (χ1v) is 11.4. The number of nitrogens with zero attached hydrogens (tertiary/aromatic N) is 1. The maximum Gasteiger partial charge on any atom is 0.224 e. The second-order valence-corrected chi connectivity index (χ2v) is 8.94. The molecule has 1 N–H and O–H groups in total. The number of thioether (sulfide) groups is 1. The lowest BCUT2D eigenvalue weighted by Gasteiger charge is -2.32. The van der Waals surface area contributed by atoms with Crippen LogP contribution in [0.25, 0.3) is 0 Å². The van der Waals surface area contributed by atoms with Gasteiger partial charge >= 0.3 is 0 Å². The summed E-state index contributed by atoms with van der Waals surface area (Å²) in [5.41, 5.74) is 5.37. The van der Waals surface area contributed by atoms with Gasteiger partial charge in [-0.25, -0.2) is 0 Å². The molecule has 3 nitrogen and oxygen atoms in total. The van der Waals surface area contributed by atoms with E-state index in [1.807, 2.05) is 11.8 Å². The van der Waals surface area contributed by atoms with Crippen LogP contribution in [0.2, 0.25) is 0 Å². The first-order chi connectivity index (χ1) is 13.6. The molecule has 0 bridgehead atoms. The van der Waals surface area contributed by atoms with E-state index >= 15 is 0 Å². The van der Waals surface area contributed by atoms with Crippen molar-refractivity contribution in [1.29, 1.82) is 0 Å². The highest BCUT2D eigenvalue weighted by atomic mass is 32.2. The summed E-state index contributed by atoms with van der Waals surface area (Å²) in [5.74, 6) is 2.32. The molecule has 1 unspecified atom stereocenters. The molecular weight excluding hydrogens is 364 g/mol. The van der Waals surface area contributed by atoms with Crippen LogP contribution < -0.4 is 5.32 Å². The second-order valence-electron chi connectivity index (χ2n) is 7.83. The van der Waals surface area contributed by atoms with Gasteiger partial charge in [0, 0.05) is 31.1 Å². The maximum absolute atomic E-state index is 12.6. The number of piperidine rings is 1. The van der Waals surface area contributed by atoms with E-state index in [4.69, 9.17) is 0 Å². The van der Waals surface area contributed by atoms with Gasteiger partial charge in [-0.3, -0.25) is 9.69 Å². The zero-order valence-corrected chi connectivity index (χ0v) is 17.9. The number of carbonyl (C=O) groups excluding carboxylic acids is 1. The van der Waals surface area contributed by atoms with Crippen molar-refractivity contribution in [2.75, 3.05) is 25.4 Å². The molecule has 28 heavy (non-hydrogen) atoms. The minimum atomic E-state index is 0.125. The molecule has 1 aliphatic rings. The lowest BCUT2D eigenvalue weighted by molar-refractivity contribution is -0.126. The van der Waals surface area contributed by atoms with Crippen LogP contribution in [0.15, 0.2) is 48.5 Å². The van der Waals surface area contributed by atoms with Crippen molar-refractivity contribution in [2.24, 2.45) is 5.92 Å². The molecule has 0 radical (unpaired) electrons. The summed E-state index contributed by atoms with van der Waals surface area (Å²) in [5, 5.41) is 3.16. The van der Waals surface area contributed by atoms with Crippen molar-refractivity contribution in [1.82, 2.24) is 10.2 Å². The van der Waals surface area contributed by atoms with Crippen molar-refractivity contribution in [3.63, 3.8) is 0 Å². The third kappa shape index (κ3) is 6.39. The van der Waals surface area contributed by atoms with Crippen LogP contribution in [0.4, 0.5) is 0 Å². The zero-order valence-electron chi connectivity index (χ0n) is 17.1. The number of amides is 1. The molecule has 1 atom stereocenters.